The van der Waals surface area contributed by atoms with Gasteiger partial charge in [-0.05, 0) is 7.05 Å². The van der Waals surface area contributed by atoms with Crippen molar-refractivity contribution in [2.75, 3.05) is 26.7 Å². The van der Waals surface area contributed by atoms with E-state index in [1.54, 1.807) is 0 Å². The summed E-state index contributed by atoms with van der Waals surface area (Å²) in [6, 6.07) is 0. The van der Waals surface area contributed by atoms with Crippen molar-refractivity contribution in [2.45, 2.75) is 0 Å². The molecule has 0 aromatic carbocycles. The van der Waals surface area contributed by atoms with E-state index in [-0.39, 0.29) is 11.4 Å². The van der Waals surface area contributed by atoms with Crippen molar-refractivity contribution >= 4 is 5.97 Å². The number of carbonyl (C=O) groups excluding carboxylic acids is 1. The fourth-order valence-corrected chi connectivity index (χ4v) is 0.660. The molecular formula is C5H11NO3. The summed E-state index contributed by atoms with van der Waals surface area (Å²) in [7, 11) is 1.90. The Morgan fingerprint density at radius 3 is 2.67 bits per heavy atom. The molecule has 1 aliphatic rings. The maximum Gasteiger partial charge on any atom is 0.320 e. The normalized spacial score (nSPS) is 20.3. The van der Waals surface area contributed by atoms with Crippen molar-refractivity contribution in [3.63, 3.8) is 0 Å². The molecule has 1 aliphatic heterocycles. The van der Waals surface area contributed by atoms with E-state index < -0.39 is 0 Å². The Balaban J connectivity index is 0.000000640. The topological polar surface area (TPSA) is 61.0 Å². The Labute approximate surface area is 53.7 Å². The minimum absolute atomic E-state index is 0. The molecule has 0 unspecified atom stereocenters. The number of hydrogen-bond donors (Lipinski definition) is 0. The van der Waals surface area contributed by atoms with Gasteiger partial charge in [-0.2, -0.15) is 0 Å². The van der Waals surface area contributed by atoms with E-state index in [9.17, 15) is 4.79 Å². The van der Waals surface area contributed by atoms with E-state index in [1.807, 2.05) is 11.9 Å². The number of ether oxygens (including phenoxy) is 1. The van der Waals surface area contributed by atoms with Gasteiger partial charge in [0.2, 0.25) is 0 Å². The zero-order chi connectivity index (χ0) is 5.98. The molecular weight excluding hydrogens is 122 g/mol. The lowest BCUT2D eigenvalue weighted by molar-refractivity contribution is -0.149. The molecule has 0 aliphatic carbocycles. The molecule has 0 saturated carbocycles. The molecule has 4 nitrogen and oxygen atoms in total. The summed E-state index contributed by atoms with van der Waals surface area (Å²) in [6.45, 7) is 1.86. The molecule has 1 heterocycles. The van der Waals surface area contributed by atoms with Crippen LogP contribution in [0.4, 0.5) is 0 Å². The summed E-state index contributed by atoms with van der Waals surface area (Å²) in [5.74, 6) is -0.112. The zero-order valence-corrected chi connectivity index (χ0v) is 5.39. The lowest BCUT2D eigenvalue weighted by atomic mass is 10.5. The second-order valence-electron chi connectivity index (χ2n) is 1.96. The highest BCUT2D eigenvalue weighted by Gasteiger charge is 2.12. The van der Waals surface area contributed by atoms with Crippen LogP contribution in [0.25, 0.3) is 0 Å². The molecule has 0 amide bonds. The van der Waals surface area contributed by atoms with Crippen LogP contribution in [0.3, 0.4) is 0 Å². The van der Waals surface area contributed by atoms with E-state index in [1.165, 1.54) is 0 Å². The minimum atomic E-state index is -0.112. The van der Waals surface area contributed by atoms with Crippen LogP contribution in [0.15, 0.2) is 0 Å². The van der Waals surface area contributed by atoms with Crippen molar-refractivity contribution in [3.8, 4) is 0 Å². The molecule has 0 aromatic heterocycles. The van der Waals surface area contributed by atoms with Gasteiger partial charge in [-0.3, -0.25) is 9.69 Å². The summed E-state index contributed by atoms with van der Waals surface area (Å²) >= 11 is 0. The molecule has 54 valence electrons. The summed E-state index contributed by atoms with van der Waals surface area (Å²) in [5, 5.41) is 0. The molecule has 9 heavy (non-hydrogen) atoms. The molecule has 0 spiro atoms. The Bertz CT molecular complexity index is 104. The lowest BCUT2D eigenvalue weighted by Crippen LogP contribution is -2.36. The predicted molar refractivity (Wildman–Crippen MR) is 32.1 cm³/mol. The molecule has 2 N–H and O–H groups in total. The molecule has 0 bridgehead atoms. The fraction of sp³-hybridized carbons (Fsp3) is 0.800. The predicted octanol–water partition coefficient (Wildman–Crippen LogP) is -1.35. The molecule has 1 fully saturated rings. The highest BCUT2D eigenvalue weighted by atomic mass is 16.5. The summed E-state index contributed by atoms with van der Waals surface area (Å²) in [6.07, 6.45) is 0. The number of nitrogens with zero attached hydrogens (tertiary/aromatic N) is 1. The van der Waals surface area contributed by atoms with E-state index in [4.69, 9.17) is 0 Å². The van der Waals surface area contributed by atoms with Gasteiger partial charge in [-0.1, -0.05) is 0 Å². The van der Waals surface area contributed by atoms with Crippen LogP contribution in [0.1, 0.15) is 0 Å². The first-order valence-corrected chi connectivity index (χ1v) is 2.63. The average Bonchev–Trinajstić information content (AvgIpc) is 1.64. The fourth-order valence-electron chi connectivity index (χ4n) is 0.660. The minimum Gasteiger partial charge on any atom is -0.463 e. The number of carbonyl (C=O) groups is 1. The number of morpholine rings is 1. The Hall–Kier alpha value is -0.610. The van der Waals surface area contributed by atoms with Gasteiger partial charge >= 0.3 is 5.97 Å². The zero-order valence-electron chi connectivity index (χ0n) is 5.39. The third-order valence-corrected chi connectivity index (χ3v) is 1.14. The monoisotopic (exact) mass is 133 g/mol. The second-order valence-corrected chi connectivity index (χ2v) is 1.96. The maximum absolute atomic E-state index is 10.4. The summed E-state index contributed by atoms with van der Waals surface area (Å²) in [5.41, 5.74) is 0. The van der Waals surface area contributed by atoms with Gasteiger partial charge in [0.15, 0.2) is 0 Å². The Kier molecular flexibility index (Phi) is 3.19. The third kappa shape index (κ3) is 2.43. The van der Waals surface area contributed by atoms with Crippen molar-refractivity contribution in [2.24, 2.45) is 0 Å². The van der Waals surface area contributed by atoms with Gasteiger partial charge in [-0.15, -0.1) is 0 Å². The standard InChI is InChI=1S/C5H9NO2.H2O/c1-6-2-3-8-5(7)4-6;/h2-4H2,1H3;1H2. The lowest BCUT2D eigenvalue weighted by Gasteiger charge is -2.20. The second kappa shape index (κ2) is 3.42. The summed E-state index contributed by atoms with van der Waals surface area (Å²) in [4.78, 5) is 12.3. The van der Waals surface area contributed by atoms with Gasteiger partial charge in [-0.25, -0.2) is 0 Å². The van der Waals surface area contributed by atoms with Crippen molar-refractivity contribution in [3.05, 3.63) is 0 Å². The van der Waals surface area contributed by atoms with Gasteiger partial charge in [0, 0.05) is 6.54 Å². The largest absolute Gasteiger partial charge is 0.463 e. The van der Waals surface area contributed by atoms with E-state index in [0.717, 1.165) is 6.54 Å². The summed E-state index contributed by atoms with van der Waals surface area (Å²) < 4.78 is 4.67. The Morgan fingerprint density at radius 1 is 1.67 bits per heavy atom. The van der Waals surface area contributed by atoms with Crippen molar-refractivity contribution < 1.29 is 15.0 Å². The number of esters is 1. The quantitative estimate of drug-likeness (QED) is 0.384. The number of cyclic esters (lactones) is 1. The molecule has 4 heteroatoms. The van der Waals surface area contributed by atoms with Crippen LogP contribution < -0.4 is 0 Å². The van der Waals surface area contributed by atoms with Gasteiger partial charge in [0.1, 0.15) is 6.61 Å². The van der Waals surface area contributed by atoms with E-state index >= 15 is 0 Å². The van der Waals surface area contributed by atoms with Gasteiger partial charge in [0.25, 0.3) is 0 Å². The maximum atomic E-state index is 10.4. The molecule has 1 saturated heterocycles. The van der Waals surface area contributed by atoms with Gasteiger partial charge < -0.3 is 10.2 Å². The average molecular weight is 133 g/mol. The third-order valence-electron chi connectivity index (χ3n) is 1.14. The molecule has 0 aromatic rings. The number of hydrogen-bond acceptors (Lipinski definition) is 3. The SMILES string of the molecule is CN1CCOC(=O)C1.O. The Morgan fingerprint density at radius 2 is 2.33 bits per heavy atom. The first-order chi connectivity index (χ1) is 3.79. The van der Waals surface area contributed by atoms with E-state index in [2.05, 4.69) is 4.74 Å². The van der Waals surface area contributed by atoms with Crippen molar-refractivity contribution in [1.82, 2.24) is 4.90 Å². The van der Waals surface area contributed by atoms with Crippen molar-refractivity contribution in [1.29, 1.82) is 0 Å². The highest BCUT2D eigenvalue weighted by Crippen LogP contribution is 1.92. The van der Waals surface area contributed by atoms with Crippen LogP contribution >= 0.6 is 0 Å². The highest BCUT2D eigenvalue weighted by molar-refractivity contribution is 5.72. The molecule has 0 radical (unpaired) electrons. The van der Waals surface area contributed by atoms with Crippen LogP contribution in [0.2, 0.25) is 0 Å². The first kappa shape index (κ1) is 8.39. The van der Waals surface area contributed by atoms with Gasteiger partial charge in [0.05, 0.1) is 6.54 Å². The van der Waals surface area contributed by atoms with E-state index in [0.29, 0.717) is 13.2 Å². The van der Waals surface area contributed by atoms with Crippen LogP contribution in [0.5, 0.6) is 0 Å². The first-order valence-electron chi connectivity index (χ1n) is 2.63. The number of likely N-dealkylation sites (N-methyl/N-ethyl adjacent to an activating group) is 1. The molecule has 0 atom stereocenters. The molecule has 1 rings (SSSR count). The number of rotatable bonds is 0. The van der Waals surface area contributed by atoms with Crippen LogP contribution in [-0.2, 0) is 9.53 Å². The van der Waals surface area contributed by atoms with Crippen LogP contribution in [-0.4, -0.2) is 43.1 Å². The smallest absolute Gasteiger partial charge is 0.320 e. The van der Waals surface area contributed by atoms with Crippen LogP contribution in [0, 0.1) is 0 Å².